The first-order valence-corrected chi connectivity index (χ1v) is 9.02. The van der Waals surface area contributed by atoms with Crippen LogP contribution in [0.15, 0.2) is 48.8 Å². The van der Waals surface area contributed by atoms with Gasteiger partial charge in [-0.05, 0) is 36.8 Å². The van der Waals surface area contributed by atoms with Crippen LogP contribution in [0.25, 0.3) is 0 Å². The summed E-state index contributed by atoms with van der Waals surface area (Å²) in [4.78, 5) is 41.2. The van der Waals surface area contributed by atoms with Crippen molar-refractivity contribution in [1.29, 1.82) is 0 Å². The number of nitrogens with zero attached hydrogens (tertiary/aromatic N) is 4. The molecule has 0 saturated carbocycles. The Bertz CT molecular complexity index is 1180. The quantitative estimate of drug-likeness (QED) is 0.349. The van der Waals surface area contributed by atoms with Crippen LogP contribution in [0.3, 0.4) is 0 Å². The predicted molar refractivity (Wildman–Crippen MR) is 114 cm³/mol. The Morgan fingerprint density at radius 3 is 2.31 bits per heavy atom. The van der Waals surface area contributed by atoms with E-state index in [-0.39, 0.29) is 22.9 Å². The molecule has 3 N–H and O–H groups in total. The summed E-state index contributed by atoms with van der Waals surface area (Å²) in [6.45, 7) is 1.85. The summed E-state index contributed by atoms with van der Waals surface area (Å²) in [7, 11) is 1.46. The maximum Gasteiger partial charge on any atom is 0.355 e. The van der Waals surface area contributed by atoms with Gasteiger partial charge in [-0.15, -0.1) is 0 Å². The lowest BCUT2D eigenvalue weighted by molar-refractivity contribution is -0.384. The van der Waals surface area contributed by atoms with E-state index < -0.39 is 21.4 Å². The molecule has 0 atom stereocenters. The number of benzene rings is 2. The van der Waals surface area contributed by atoms with Crippen LogP contribution in [0.2, 0.25) is 0 Å². The fourth-order valence-electron chi connectivity index (χ4n) is 2.70. The molecule has 0 bridgehead atoms. The molecule has 0 unspecified atom stereocenters. The maximum absolute atomic E-state index is 12.3. The average Bonchev–Trinajstić information content (AvgIpc) is 2.77. The van der Waals surface area contributed by atoms with Gasteiger partial charge in [0.05, 0.1) is 22.6 Å². The molecule has 0 spiro atoms. The molecule has 0 aliphatic heterocycles. The molecule has 0 saturated heterocycles. The molecule has 0 fully saturated rings. The Morgan fingerprint density at radius 2 is 1.69 bits per heavy atom. The molecule has 1 heterocycles. The molecule has 3 aromatic rings. The fraction of sp³-hybridized carbons (Fsp3) is 0.105. The predicted octanol–water partition coefficient (Wildman–Crippen LogP) is 3.11. The van der Waals surface area contributed by atoms with Crippen LogP contribution in [-0.4, -0.2) is 32.8 Å². The molecular weight excluding hydrogens is 422 g/mol. The minimum absolute atomic E-state index is 0.0997. The summed E-state index contributed by atoms with van der Waals surface area (Å²) in [5, 5.41) is 25.3. The van der Waals surface area contributed by atoms with E-state index in [0.717, 1.165) is 11.9 Å². The number of carbonyl (C=O) groups is 1. The number of aryl methyl sites for hydroxylation is 1. The van der Waals surface area contributed by atoms with E-state index in [1.165, 1.54) is 31.4 Å². The van der Waals surface area contributed by atoms with Crippen LogP contribution in [-0.2, 0) is 0 Å². The van der Waals surface area contributed by atoms with Crippen LogP contribution in [0, 0.1) is 27.2 Å². The highest BCUT2D eigenvalue weighted by Gasteiger charge is 2.24. The maximum atomic E-state index is 12.3. The number of hydrogen-bond donors (Lipinski definition) is 3. The number of anilines is 3. The molecule has 1 aromatic heterocycles. The van der Waals surface area contributed by atoms with Crippen molar-refractivity contribution in [3.05, 3.63) is 80.1 Å². The lowest BCUT2D eigenvalue weighted by atomic mass is 10.2. The second kappa shape index (κ2) is 9.34. The van der Waals surface area contributed by atoms with Gasteiger partial charge in [-0.2, -0.15) is 0 Å². The van der Waals surface area contributed by atoms with Gasteiger partial charge in [0.1, 0.15) is 12.1 Å². The largest absolute Gasteiger partial charge is 0.495 e. The van der Waals surface area contributed by atoms with Crippen molar-refractivity contribution >= 4 is 34.6 Å². The van der Waals surface area contributed by atoms with Crippen molar-refractivity contribution in [2.45, 2.75) is 6.92 Å². The topological polar surface area (TPSA) is 174 Å². The van der Waals surface area contributed by atoms with Gasteiger partial charge in [0, 0.05) is 17.7 Å². The minimum atomic E-state index is -0.703. The van der Waals surface area contributed by atoms with Gasteiger partial charge >= 0.3 is 5.69 Å². The molecule has 3 rings (SSSR count). The first-order valence-electron chi connectivity index (χ1n) is 9.02. The molecule has 1 amide bonds. The number of methoxy groups -OCH3 is 1. The summed E-state index contributed by atoms with van der Waals surface area (Å²) in [6.07, 6.45) is 1.08. The monoisotopic (exact) mass is 439 g/mol. The smallest absolute Gasteiger partial charge is 0.355 e. The van der Waals surface area contributed by atoms with Crippen LogP contribution >= 0.6 is 0 Å². The number of aromatic nitrogens is 2. The van der Waals surface area contributed by atoms with E-state index in [1.807, 2.05) is 13.0 Å². The highest BCUT2D eigenvalue weighted by Crippen LogP contribution is 2.34. The molecule has 13 heteroatoms. The number of nitro groups is 2. The third kappa shape index (κ3) is 4.84. The number of rotatable bonds is 8. The Hall–Kier alpha value is -4.81. The summed E-state index contributed by atoms with van der Waals surface area (Å²) in [5.41, 5.74) is 5.42. The van der Waals surface area contributed by atoms with Gasteiger partial charge in [-0.25, -0.2) is 9.97 Å². The van der Waals surface area contributed by atoms with Crippen LogP contribution in [0.4, 0.5) is 28.7 Å². The van der Waals surface area contributed by atoms with Crippen LogP contribution in [0.1, 0.15) is 15.9 Å². The molecular formula is C19H17N7O6. The number of carbonyl (C=O) groups excluding carboxylic acids is 1. The molecule has 32 heavy (non-hydrogen) atoms. The zero-order chi connectivity index (χ0) is 23.3. The van der Waals surface area contributed by atoms with E-state index in [0.29, 0.717) is 11.4 Å². The number of nitrogens with one attached hydrogen (secondary N) is 3. The SMILES string of the molecule is COc1ccc(C)cc1Nc1ncnc(NNC(=O)c2ccc([N+](=O)[O-])cc2)c1[N+](=O)[O-]. The number of hydrazine groups is 1. The molecule has 164 valence electrons. The van der Waals surface area contributed by atoms with Gasteiger partial charge in [0.2, 0.25) is 11.6 Å². The summed E-state index contributed by atoms with van der Waals surface area (Å²) in [5.74, 6) is -0.623. The highest BCUT2D eigenvalue weighted by molar-refractivity contribution is 5.95. The van der Waals surface area contributed by atoms with Crippen LogP contribution in [0.5, 0.6) is 5.75 Å². The van der Waals surface area contributed by atoms with E-state index in [1.54, 1.807) is 12.1 Å². The first kappa shape index (κ1) is 21.9. The van der Waals surface area contributed by atoms with Crippen LogP contribution < -0.4 is 20.9 Å². The van der Waals surface area contributed by atoms with Gasteiger partial charge in [-0.3, -0.25) is 35.9 Å². The average molecular weight is 439 g/mol. The molecule has 0 radical (unpaired) electrons. The Kier molecular flexibility index (Phi) is 6.39. The van der Waals surface area contributed by atoms with Gasteiger partial charge in [-0.1, -0.05) is 6.07 Å². The van der Waals surface area contributed by atoms with Crippen molar-refractivity contribution in [2.24, 2.45) is 0 Å². The second-order valence-electron chi connectivity index (χ2n) is 6.39. The summed E-state index contributed by atoms with van der Waals surface area (Å²) < 4.78 is 5.26. The van der Waals surface area contributed by atoms with Crippen molar-refractivity contribution in [3.8, 4) is 5.75 Å². The zero-order valence-electron chi connectivity index (χ0n) is 16.9. The molecule has 13 nitrogen and oxygen atoms in total. The molecule has 0 aliphatic rings. The Labute approximate surface area is 180 Å². The van der Waals surface area contributed by atoms with Gasteiger partial charge < -0.3 is 10.1 Å². The van der Waals surface area contributed by atoms with E-state index in [9.17, 15) is 25.0 Å². The van der Waals surface area contributed by atoms with Crippen molar-refractivity contribution in [2.75, 3.05) is 17.9 Å². The first-order chi connectivity index (χ1) is 15.3. The Balaban J connectivity index is 1.83. The van der Waals surface area contributed by atoms with Crippen molar-refractivity contribution < 1.29 is 19.4 Å². The Morgan fingerprint density at radius 1 is 1.00 bits per heavy atom. The van der Waals surface area contributed by atoms with E-state index >= 15 is 0 Å². The molecule has 0 aliphatic carbocycles. The van der Waals surface area contributed by atoms with E-state index in [2.05, 4.69) is 26.1 Å². The summed E-state index contributed by atoms with van der Waals surface area (Å²) >= 11 is 0. The summed E-state index contributed by atoms with van der Waals surface area (Å²) in [6, 6.07) is 10.1. The number of ether oxygens (including phenoxy) is 1. The highest BCUT2D eigenvalue weighted by atomic mass is 16.6. The lowest BCUT2D eigenvalue weighted by Crippen LogP contribution is -2.30. The third-order valence-electron chi connectivity index (χ3n) is 4.25. The van der Waals surface area contributed by atoms with E-state index in [4.69, 9.17) is 4.74 Å². The van der Waals surface area contributed by atoms with Crippen molar-refractivity contribution in [3.63, 3.8) is 0 Å². The van der Waals surface area contributed by atoms with Gasteiger partial charge in [0.15, 0.2) is 0 Å². The number of nitro benzene ring substituents is 1. The number of hydrogen-bond acceptors (Lipinski definition) is 10. The number of amides is 1. The fourth-order valence-corrected chi connectivity index (χ4v) is 2.70. The van der Waals surface area contributed by atoms with Crippen molar-refractivity contribution in [1.82, 2.24) is 15.4 Å². The molecule has 2 aromatic carbocycles. The second-order valence-corrected chi connectivity index (χ2v) is 6.39. The number of non-ortho nitro benzene ring substituents is 1. The van der Waals surface area contributed by atoms with Gasteiger partial charge in [0.25, 0.3) is 11.6 Å². The normalized spacial score (nSPS) is 10.2. The standard InChI is InChI=1S/C19H17N7O6/c1-11-3-8-15(32-2)14(9-11)22-17-16(26(30)31)18(21-10-20-17)23-24-19(27)12-4-6-13(7-5-12)25(28)29/h3-10H,1-2H3,(H,24,27)(H2,20,21,22,23). The third-order valence-corrected chi connectivity index (χ3v) is 4.25. The minimum Gasteiger partial charge on any atom is -0.495 e. The lowest BCUT2D eigenvalue weighted by Gasteiger charge is -2.13. The zero-order valence-corrected chi connectivity index (χ0v) is 16.9.